The van der Waals surface area contributed by atoms with Gasteiger partial charge in [-0.3, -0.25) is 4.68 Å². The van der Waals surface area contributed by atoms with E-state index in [4.69, 9.17) is 0 Å². The van der Waals surface area contributed by atoms with Gasteiger partial charge in [-0.05, 0) is 32.3 Å². The van der Waals surface area contributed by atoms with Crippen molar-refractivity contribution in [3.8, 4) is 0 Å². The Morgan fingerprint density at radius 1 is 1.22 bits per heavy atom. The lowest BCUT2D eigenvalue weighted by atomic mass is 9.98. The quantitative estimate of drug-likeness (QED) is 0.864. The van der Waals surface area contributed by atoms with Crippen molar-refractivity contribution < 1.29 is 8.42 Å². The summed E-state index contributed by atoms with van der Waals surface area (Å²) in [6.07, 6.45) is 4.32. The highest BCUT2D eigenvalue weighted by molar-refractivity contribution is 7.89. The lowest BCUT2D eigenvalue weighted by Gasteiger charge is -2.34. The topological polar surface area (TPSA) is 55.2 Å². The van der Waals surface area contributed by atoms with Gasteiger partial charge in [0.1, 0.15) is 4.90 Å². The van der Waals surface area contributed by atoms with Gasteiger partial charge in [-0.2, -0.15) is 9.40 Å². The second-order valence-corrected chi connectivity index (χ2v) is 7.81. The van der Waals surface area contributed by atoms with Gasteiger partial charge in [-0.1, -0.05) is 36.8 Å². The minimum absolute atomic E-state index is 0.0840. The third kappa shape index (κ3) is 2.93. The number of nitrogens with zero attached hydrogens (tertiary/aromatic N) is 3. The Hall–Kier alpha value is -1.66. The monoisotopic (exact) mass is 333 g/mol. The molecule has 0 saturated carbocycles. The van der Waals surface area contributed by atoms with Crippen molar-refractivity contribution >= 4 is 10.0 Å². The van der Waals surface area contributed by atoms with Crippen LogP contribution in [-0.2, 0) is 16.6 Å². The van der Waals surface area contributed by atoms with Crippen molar-refractivity contribution in [2.45, 2.75) is 50.6 Å². The molecule has 23 heavy (non-hydrogen) atoms. The minimum atomic E-state index is -3.53. The molecule has 1 aliphatic heterocycles. The standard InChI is InChI=1S/C17H23N3O2S/c1-3-19-14(2)17(13-18-19)23(21,22)20-12-8-7-11-16(20)15-9-5-4-6-10-15/h4-6,9-10,13,16H,3,7-8,11-12H2,1-2H3/t16-/m0/s1. The van der Waals surface area contributed by atoms with Crippen molar-refractivity contribution in [1.82, 2.24) is 14.1 Å². The van der Waals surface area contributed by atoms with Crippen LogP contribution in [0.5, 0.6) is 0 Å². The molecule has 3 rings (SSSR count). The first kappa shape index (κ1) is 16.2. The first-order valence-corrected chi connectivity index (χ1v) is 9.59. The molecule has 2 heterocycles. The molecule has 0 spiro atoms. The molecule has 1 saturated heterocycles. The van der Waals surface area contributed by atoms with E-state index in [1.165, 1.54) is 6.20 Å². The van der Waals surface area contributed by atoms with Gasteiger partial charge in [0.25, 0.3) is 0 Å². The second-order valence-electron chi connectivity index (χ2n) is 5.95. The number of aromatic nitrogens is 2. The average molecular weight is 333 g/mol. The number of hydrogen-bond donors (Lipinski definition) is 0. The summed E-state index contributed by atoms with van der Waals surface area (Å²) in [6, 6.07) is 9.84. The van der Waals surface area contributed by atoms with E-state index in [0.29, 0.717) is 23.7 Å². The average Bonchev–Trinajstić information content (AvgIpc) is 2.97. The first-order valence-electron chi connectivity index (χ1n) is 8.15. The summed E-state index contributed by atoms with van der Waals surface area (Å²) >= 11 is 0. The number of aryl methyl sites for hydroxylation is 1. The third-order valence-electron chi connectivity index (χ3n) is 4.58. The number of sulfonamides is 1. The summed E-state index contributed by atoms with van der Waals surface area (Å²) in [5.41, 5.74) is 1.78. The zero-order valence-corrected chi connectivity index (χ0v) is 14.5. The summed E-state index contributed by atoms with van der Waals surface area (Å²) < 4.78 is 29.8. The van der Waals surface area contributed by atoms with E-state index in [1.54, 1.807) is 8.99 Å². The summed E-state index contributed by atoms with van der Waals surface area (Å²) in [5.74, 6) is 0. The van der Waals surface area contributed by atoms with Gasteiger partial charge in [0.05, 0.1) is 17.9 Å². The van der Waals surface area contributed by atoms with Crippen LogP contribution in [-0.4, -0.2) is 29.0 Å². The molecule has 2 aromatic rings. The van der Waals surface area contributed by atoms with E-state index in [9.17, 15) is 8.42 Å². The SMILES string of the molecule is CCn1ncc(S(=O)(=O)N2CCCC[C@H]2c2ccccc2)c1C. The molecule has 0 amide bonds. The van der Waals surface area contributed by atoms with Gasteiger partial charge >= 0.3 is 0 Å². The van der Waals surface area contributed by atoms with E-state index in [1.807, 2.05) is 44.2 Å². The Bertz CT molecular complexity index is 768. The van der Waals surface area contributed by atoms with Gasteiger partial charge < -0.3 is 0 Å². The highest BCUT2D eigenvalue weighted by Gasteiger charge is 2.36. The van der Waals surface area contributed by atoms with E-state index < -0.39 is 10.0 Å². The van der Waals surface area contributed by atoms with Crippen molar-refractivity contribution in [3.63, 3.8) is 0 Å². The Balaban J connectivity index is 2.01. The van der Waals surface area contributed by atoms with E-state index in [2.05, 4.69) is 5.10 Å². The zero-order valence-electron chi connectivity index (χ0n) is 13.6. The molecule has 1 aromatic heterocycles. The molecule has 0 aliphatic carbocycles. The Morgan fingerprint density at radius 2 is 1.96 bits per heavy atom. The van der Waals surface area contributed by atoms with Crippen molar-refractivity contribution in [3.05, 3.63) is 47.8 Å². The summed E-state index contributed by atoms with van der Waals surface area (Å²) in [5, 5.41) is 4.20. The molecule has 0 bridgehead atoms. The maximum Gasteiger partial charge on any atom is 0.247 e. The van der Waals surface area contributed by atoms with Gasteiger partial charge in [0.15, 0.2) is 0 Å². The van der Waals surface area contributed by atoms with E-state index >= 15 is 0 Å². The predicted octanol–water partition coefficient (Wildman–Crippen LogP) is 3.13. The number of piperidine rings is 1. The predicted molar refractivity (Wildman–Crippen MR) is 89.6 cm³/mol. The lowest BCUT2D eigenvalue weighted by Crippen LogP contribution is -2.38. The Morgan fingerprint density at radius 3 is 2.61 bits per heavy atom. The summed E-state index contributed by atoms with van der Waals surface area (Å²) in [6.45, 7) is 5.02. The number of hydrogen-bond acceptors (Lipinski definition) is 3. The lowest BCUT2D eigenvalue weighted by molar-refractivity contribution is 0.256. The van der Waals surface area contributed by atoms with Crippen molar-refractivity contribution in [2.24, 2.45) is 0 Å². The molecule has 1 fully saturated rings. The highest BCUT2D eigenvalue weighted by atomic mass is 32.2. The smallest absolute Gasteiger partial charge is 0.247 e. The van der Waals surface area contributed by atoms with Gasteiger partial charge in [-0.25, -0.2) is 8.42 Å². The highest BCUT2D eigenvalue weighted by Crippen LogP contribution is 2.35. The molecular formula is C17H23N3O2S. The summed E-state index contributed by atoms with van der Waals surface area (Å²) in [7, 11) is -3.53. The first-order chi connectivity index (χ1) is 11.1. The Kier molecular flexibility index (Phi) is 4.55. The molecule has 0 N–H and O–H groups in total. The fourth-order valence-corrected chi connectivity index (χ4v) is 5.17. The van der Waals surface area contributed by atoms with Crippen LogP contribution in [0.2, 0.25) is 0 Å². The van der Waals surface area contributed by atoms with Crippen LogP contribution in [0.15, 0.2) is 41.4 Å². The minimum Gasteiger partial charge on any atom is -0.269 e. The van der Waals surface area contributed by atoms with Crippen LogP contribution >= 0.6 is 0 Å². The van der Waals surface area contributed by atoms with Crippen molar-refractivity contribution in [1.29, 1.82) is 0 Å². The zero-order chi connectivity index (χ0) is 16.4. The molecule has 1 aliphatic rings. The van der Waals surface area contributed by atoms with Crippen LogP contribution in [0.1, 0.15) is 43.5 Å². The van der Waals surface area contributed by atoms with Crippen LogP contribution in [0.4, 0.5) is 0 Å². The molecular weight excluding hydrogens is 310 g/mol. The van der Waals surface area contributed by atoms with Gasteiger partial charge in [-0.15, -0.1) is 0 Å². The van der Waals surface area contributed by atoms with Crippen LogP contribution in [0, 0.1) is 6.92 Å². The molecule has 5 nitrogen and oxygen atoms in total. The van der Waals surface area contributed by atoms with Gasteiger partial charge in [0, 0.05) is 13.1 Å². The maximum atomic E-state index is 13.2. The summed E-state index contributed by atoms with van der Waals surface area (Å²) in [4.78, 5) is 0.335. The van der Waals surface area contributed by atoms with Crippen LogP contribution in [0.3, 0.4) is 0 Å². The van der Waals surface area contributed by atoms with Crippen LogP contribution < -0.4 is 0 Å². The molecule has 0 radical (unpaired) electrons. The number of rotatable bonds is 4. The van der Waals surface area contributed by atoms with E-state index in [0.717, 1.165) is 24.8 Å². The maximum absolute atomic E-state index is 13.2. The second kappa shape index (κ2) is 6.45. The largest absolute Gasteiger partial charge is 0.269 e. The van der Waals surface area contributed by atoms with E-state index in [-0.39, 0.29) is 6.04 Å². The fraction of sp³-hybridized carbons (Fsp3) is 0.471. The third-order valence-corrected chi connectivity index (χ3v) is 6.59. The molecule has 124 valence electrons. The molecule has 1 atom stereocenters. The normalized spacial score (nSPS) is 19.8. The molecule has 6 heteroatoms. The Labute approximate surface area is 138 Å². The fourth-order valence-electron chi connectivity index (χ4n) is 3.33. The van der Waals surface area contributed by atoms with Gasteiger partial charge in [0.2, 0.25) is 10.0 Å². The van der Waals surface area contributed by atoms with Crippen LogP contribution in [0.25, 0.3) is 0 Å². The molecule has 1 aromatic carbocycles. The van der Waals surface area contributed by atoms with Crippen molar-refractivity contribution in [2.75, 3.05) is 6.54 Å². The number of benzene rings is 1. The molecule has 0 unspecified atom stereocenters.